The van der Waals surface area contributed by atoms with Crippen LogP contribution < -0.4 is 5.56 Å². The van der Waals surface area contributed by atoms with E-state index in [1.165, 1.54) is 11.1 Å². The van der Waals surface area contributed by atoms with Gasteiger partial charge in [0.25, 0.3) is 5.56 Å². The van der Waals surface area contributed by atoms with Crippen LogP contribution in [0.15, 0.2) is 82.7 Å². The lowest BCUT2D eigenvalue weighted by molar-refractivity contribution is -0.137. The summed E-state index contributed by atoms with van der Waals surface area (Å²) in [4.78, 5) is 40.6. The molecule has 9 heteroatoms. The summed E-state index contributed by atoms with van der Waals surface area (Å²) in [6.45, 7) is 0. The molecule has 0 fully saturated rings. The molecule has 0 unspecified atom stereocenters. The zero-order valence-electron chi connectivity index (χ0n) is 20.2. The number of aromatic amines is 1. The second-order valence-electron chi connectivity index (χ2n) is 9.03. The minimum Gasteiger partial charge on any atom is -0.481 e. The van der Waals surface area contributed by atoms with E-state index >= 15 is 0 Å². The van der Waals surface area contributed by atoms with E-state index in [9.17, 15) is 18.8 Å². The molecule has 2 N–H and O–H groups in total. The van der Waals surface area contributed by atoms with Gasteiger partial charge in [-0.2, -0.15) is 5.10 Å². The summed E-state index contributed by atoms with van der Waals surface area (Å²) in [6.07, 6.45) is -0.0303. The molecule has 1 aromatic heterocycles. The first-order valence-electron chi connectivity index (χ1n) is 12.1. The first-order valence-corrected chi connectivity index (χ1v) is 12.5. The Kier molecular flexibility index (Phi) is 7.07. The number of aromatic nitrogens is 1. The third kappa shape index (κ3) is 4.95. The molecule has 0 spiro atoms. The number of fused-ring (bicyclic) bond motifs is 1. The maximum Gasteiger partial charge on any atom is 0.303 e. The van der Waals surface area contributed by atoms with E-state index in [1.807, 2.05) is 30.3 Å². The summed E-state index contributed by atoms with van der Waals surface area (Å²) in [5, 5.41) is 16.1. The highest BCUT2D eigenvalue weighted by Gasteiger charge is 2.36. The van der Waals surface area contributed by atoms with Crippen LogP contribution in [0.3, 0.4) is 0 Å². The fourth-order valence-electron chi connectivity index (χ4n) is 4.82. The average Bonchev–Trinajstić information content (AvgIpc) is 3.33. The third-order valence-corrected chi connectivity index (χ3v) is 6.81. The molecular formula is C29H23ClFN3O4. The Morgan fingerprint density at radius 3 is 2.45 bits per heavy atom. The molecule has 3 aromatic carbocycles. The molecule has 0 radical (unpaired) electrons. The molecule has 1 atom stereocenters. The molecule has 7 nitrogen and oxygen atoms in total. The van der Waals surface area contributed by atoms with Crippen molar-refractivity contribution in [3.8, 4) is 11.1 Å². The molecule has 4 aromatic rings. The van der Waals surface area contributed by atoms with E-state index in [2.05, 4.69) is 10.1 Å². The van der Waals surface area contributed by atoms with Crippen molar-refractivity contribution in [3.05, 3.63) is 105 Å². The Bertz CT molecular complexity index is 1630. The Morgan fingerprint density at radius 2 is 1.71 bits per heavy atom. The molecule has 38 heavy (non-hydrogen) atoms. The maximum atomic E-state index is 14.9. The van der Waals surface area contributed by atoms with Crippen molar-refractivity contribution in [1.82, 2.24) is 9.99 Å². The minimum atomic E-state index is -1.01. The van der Waals surface area contributed by atoms with Crippen LogP contribution in [0.4, 0.5) is 4.39 Å². The number of carboxylic acid groups (broad SMARTS) is 1. The van der Waals surface area contributed by atoms with Crippen molar-refractivity contribution in [2.24, 2.45) is 5.10 Å². The highest BCUT2D eigenvalue weighted by Crippen LogP contribution is 2.38. The number of benzene rings is 3. The predicted molar refractivity (Wildman–Crippen MR) is 144 cm³/mol. The number of carbonyl (C=O) groups is 2. The van der Waals surface area contributed by atoms with E-state index in [1.54, 1.807) is 36.4 Å². The second kappa shape index (κ2) is 10.6. The molecule has 1 aliphatic rings. The number of carbonyl (C=O) groups excluding carboxylic acids is 1. The number of carboxylic acids is 1. The lowest BCUT2D eigenvalue weighted by atomic mass is 9.91. The van der Waals surface area contributed by atoms with Gasteiger partial charge < -0.3 is 10.1 Å². The Balaban J connectivity index is 1.66. The topological polar surface area (TPSA) is 103 Å². The van der Waals surface area contributed by atoms with Gasteiger partial charge in [0.1, 0.15) is 5.82 Å². The first kappa shape index (κ1) is 25.4. The number of nitrogens with one attached hydrogen (secondary N) is 1. The quantitative estimate of drug-likeness (QED) is 0.309. The van der Waals surface area contributed by atoms with Gasteiger partial charge in [-0.3, -0.25) is 14.4 Å². The number of pyridine rings is 1. The van der Waals surface area contributed by atoms with Crippen LogP contribution in [0, 0.1) is 5.82 Å². The van der Waals surface area contributed by atoms with Gasteiger partial charge >= 0.3 is 5.97 Å². The molecule has 0 aliphatic carbocycles. The van der Waals surface area contributed by atoms with Crippen molar-refractivity contribution in [3.63, 3.8) is 0 Å². The number of halogens is 2. The van der Waals surface area contributed by atoms with Crippen LogP contribution in [0.1, 0.15) is 42.9 Å². The van der Waals surface area contributed by atoms with E-state index in [-0.39, 0.29) is 42.4 Å². The number of aliphatic carboxylic acids is 1. The van der Waals surface area contributed by atoms with Gasteiger partial charge in [0.05, 0.1) is 17.3 Å². The number of para-hydroxylation sites is 1. The summed E-state index contributed by atoms with van der Waals surface area (Å²) in [6, 6.07) is 19.8. The van der Waals surface area contributed by atoms with Crippen LogP contribution in [0.25, 0.3) is 22.0 Å². The van der Waals surface area contributed by atoms with Gasteiger partial charge in [-0.15, -0.1) is 0 Å². The van der Waals surface area contributed by atoms with Gasteiger partial charge in [-0.25, -0.2) is 9.40 Å². The van der Waals surface area contributed by atoms with E-state index in [0.29, 0.717) is 21.8 Å². The van der Waals surface area contributed by atoms with Crippen molar-refractivity contribution in [2.75, 3.05) is 0 Å². The highest BCUT2D eigenvalue weighted by molar-refractivity contribution is 6.30. The van der Waals surface area contributed by atoms with Crippen molar-refractivity contribution < 1.29 is 19.1 Å². The van der Waals surface area contributed by atoms with E-state index < -0.39 is 23.7 Å². The number of hydrogen-bond donors (Lipinski definition) is 2. The zero-order valence-corrected chi connectivity index (χ0v) is 20.9. The summed E-state index contributed by atoms with van der Waals surface area (Å²) in [5.74, 6) is -1.95. The zero-order chi connectivity index (χ0) is 26.8. The van der Waals surface area contributed by atoms with Gasteiger partial charge in [-0.1, -0.05) is 60.1 Å². The molecule has 0 bridgehead atoms. The summed E-state index contributed by atoms with van der Waals surface area (Å²) < 4.78 is 14.9. The first-order chi connectivity index (χ1) is 18.3. The monoisotopic (exact) mass is 531 g/mol. The van der Waals surface area contributed by atoms with Gasteiger partial charge in [0.15, 0.2) is 0 Å². The van der Waals surface area contributed by atoms with E-state index in [4.69, 9.17) is 16.7 Å². The number of amides is 1. The van der Waals surface area contributed by atoms with Gasteiger partial charge in [0, 0.05) is 46.3 Å². The normalized spacial score (nSPS) is 15.1. The lowest BCUT2D eigenvalue weighted by Crippen LogP contribution is -2.27. The molecule has 1 aliphatic heterocycles. The molecule has 5 rings (SSSR count). The minimum absolute atomic E-state index is 0.0772. The van der Waals surface area contributed by atoms with Crippen molar-refractivity contribution >= 4 is 40.1 Å². The predicted octanol–water partition coefficient (Wildman–Crippen LogP) is 5.92. The number of nitrogens with zero attached hydrogens (tertiary/aromatic N) is 2. The van der Waals surface area contributed by atoms with E-state index in [0.717, 1.165) is 10.9 Å². The average molecular weight is 532 g/mol. The standard InChI is InChI=1S/C29H23ClFN3O4/c30-18-14-12-17(13-15-18)27-20-7-2-4-9-22(20)32-29(38)28(27)23-16-24(19-6-1-3-8-21(19)31)34(33-23)25(35)10-5-11-26(36)37/h1-4,6-9,12-15,24H,5,10-11,16H2,(H,32,38)(H,36,37)/t24-/m1/s1. The molecule has 1 amide bonds. The van der Waals surface area contributed by atoms with Crippen LogP contribution >= 0.6 is 11.6 Å². The summed E-state index contributed by atoms with van der Waals surface area (Å²) in [7, 11) is 0. The number of hydrogen-bond acceptors (Lipinski definition) is 4. The van der Waals surface area contributed by atoms with Crippen LogP contribution in [0.2, 0.25) is 5.02 Å². The fraction of sp³-hybridized carbons (Fsp3) is 0.172. The SMILES string of the molecule is O=C(O)CCCC(=O)N1N=C(c2c(-c3ccc(Cl)cc3)c3ccccc3[nH]c2=O)C[C@@H]1c1ccccc1F. The lowest BCUT2D eigenvalue weighted by Gasteiger charge is -2.22. The number of hydrazone groups is 1. The van der Waals surface area contributed by atoms with Crippen LogP contribution in [-0.2, 0) is 9.59 Å². The third-order valence-electron chi connectivity index (χ3n) is 6.55. The molecule has 0 saturated carbocycles. The Hall–Kier alpha value is -4.30. The molecular weight excluding hydrogens is 509 g/mol. The summed E-state index contributed by atoms with van der Waals surface area (Å²) in [5.41, 5.74) is 2.50. The van der Waals surface area contributed by atoms with Crippen LogP contribution in [0.5, 0.6) is 0 Å². The smallest absolute Gasteiger partial charge is 0.303 e. The highest BCUT2D eigenvalue weighted by atomic mass is 35.5. The molecule has 2 heterocycles. The number of rotatable bonds is 7. The van der Waals surface area contributed by atoms with Crippen molar-refractivity contribution in [2.45, 2.75) is 31.7 Å². The largest absolute Gasteiger partial charge is 0.481 e. The van der Waals surface area contributed by atoms with Gasteiger partial charge in [0.2, 0.25) is 5.91 Å². The Labute approximate surface area is 222 Å². The van der Waals surface area contributed by atoms with Crippen LogP contribution in [-0.4, -0.2) is 32.7 Å². The maximum absolute atomic E-state index is 14.9. The van der Waals surface area contributed by atoms with Crippen molar-refractivity contribution in [1.29, 1.82) is 0 Å². The summed E-state index contributed by atoms with van der Waals surface area (Å²) >= 11 is 6.12. The molecule has 0 saturated heterocycles. The fourth-order valence-corrected chi connectivity index (χ4v) is 4.95. The Morgan fingerprint density at radius 1 is 1.00 bits per heavy atom. The molecule has 192 valence electrons. The number of H-pyrrole nitrogens is 1. The second-order valence-corrected chi connectivity index (χ2v) is 9.47. The van der Waals surface area contributed by atoms with Gasteiger partial charge in [-0.05, 0) is 36.2 Å².